The fourth-order valence-corrected chi connectivity index (χ4v) is 5.25. The van der Waals surface area contributed by atoms with Gasteiger partial charge in [0.05, 0.1) is 40.3 Å². The normalized spacial score (nSPS) is 23.6. The van der Waals surface area contributed by atoms with Gasteiger partial charge in [0.25, 0.3) is 0 Å². The van der Waals surface area contributed by atoms with Crippen molar-refractivity contribution >= 4 is 34.5 Å². The zero-order chi connectivity index (χ0) is 22.4. The van der Waals surface area contributed by atoms with Crippen LogP contribution in [0, 0.1) is 15.4 Å². The third-order valence-corrected chi connectivity index (χ3v) is 7.34. The highest BCUT2D eigenvalue weighted by molar-refractivity contribution is 14.1. The standard InChI is InChI=1S/C22H24IN3O5/c1-12-15(20(22(29)30)26-19(12)17(13(2)27)21(26)28)10-31-16-6-4-5-14(18(16)23)9-25-8-7-24(3)11-25/h4-8,11-13,17,19,27H,9-10H2,1-3H3/t12-,13?,17-,19-/m1/s1. The number of hydrogen-bond donors (Lipinski definition) is 1. The number of carbonyl (C=O) groups is 2. The molecule has 2 aliphatic heterocycles. The van der Waals surface area contributed by atoms with Crippen LogP contribution >= 0.6 is 22.6 Å². The van der Waals surface area contributed by atoms with Gasteiger partial charge >= 0.3 is 0 Å². The predicted molar refractivity (Wildman–Crippen MR) is 116 cm³/mol. The second-order valence-electron chi connectivity index (χ2n) is 8.18. The summed E-state index contributed by atoms with van der Waals surface area (Å²) < 4.78 is 11.0. The second kappa shape index (κ2) is 8.27. The van der Waals surface area contributed by atoms with Gasteiger partial charge in [0.2, 0.25) is 12.2 Å². The number of aliphatic hydroxyl groups excluding tert-OH is 1. The highest BCUT2D eigenvalue weighted by Gasteiger charge is 2.58. The molecule has 164 valence electrons. The summed E-state index contributed by atoms with van der Waals surface area (Å²) in [6, 6.07) is 5.40. The molecule has 0 radical (unpaired) electrons. The van der Waals surface area contributed by atoms with Crippen molar-refractivity contribution in [3.8, 4) is 5.75 Å². The van der Waals surface area contributed by atoms with E-state index in [1.165, 1.54) is 4.90 Å². The zero-order valence-electron chi connectivity index (χ0n) is 17.5. The van der Waals surface area contributed by atoms with Gasteiger partial charge in [0, 0.05) is 11.5 Å². The molecule has 0 saturated carbocycles. The van der Waals surface area contributed by atoms with E-state index in [1.807, 2.05) is 55.5 Å². The number of aromatic nitrogens is 2. The maximum absolute atomic E-state index is 12.4. The molecule has 4 rings (SSSR count). The van der Waals surface area contributed by atoms with E-state index >= 15 is 0 Å². The number of aryl methyl sites for hydroxylation is 1. The van der Waals surface area contributed by atoms with Gasteiger partial charge in [-0.05, 0) is 41.2 Å². The quantitative estimate of drug-likeness (QED) is 0.310. The van der Waals surface area contributed by atoms with Crippen molar-refractivity contribution in [3.05, 3.63) is 57.3 Å². The first-order valence-electron chi connectivity index (χ1n) is 10.1. The molecule has 1 aromatic carbocycles. The lowest BCUT2D eigenvalue weighted by atomic mass is 9.78. The molecular formula is C22H24IN3O5. The fraction of sp³-hybridized carbons (Fsp3) is 0.409. The number of fused-ring (bicyclic) bond motifs is 1. The summed E-state index contributed by atoms with van der Waals surface area (Å²) in [7, 11) is 1.96. The van der Waals surface area contributed by atoms with E-state index in [1.54, 1.807) is 6.92 Å². The average molecular weight is 537 g/mol. The first-order valence-corrected chi connectivity index (χ1v) is 11.1. The van der Waals surface area contributed by atoms with Crippen LogP contribution in [0.15, 0.2) is 48.2 Å². The van der Waals surface area contributed by atoms with Gasteiger partial charge < -0.3 is 24.6 Å². The Hall–Kier alpha value is -2.40. The first-order chi connectivity index (χ1) is 14.7. The van der Waals surface area contributed by atoms with Crippen LogP contribution < -0.4 is 14.4 Å². The number of aliphatic carboxylic acids is 1. The monoisotopic (exact) mass is 537 g/mol. The van der Waals surface area contributed by atoms with E-state index in [2.05, 4.69) is 27.2 Å². The molecular weight excluding hydrogens is 513 g/mol. The van der Waals surface area contributed by atoms with Crippen LogP contribution in [0.2, 0.25) is 0 Å². The molecule has 3 heterocycles. The summed E-state index contributed by atoms with van der Waals surface area (Å²) in [5.74, 6) is -1.97. The minimum atomic E-state index is -1.39. The maximum atomic E-state index is 12.4. The number of halogens is 1. The van der Waals surface area contributed by atoms with Crippen LogP contribution in [0.25, 0.3) is 0 Å². The highest BCUT2D eigenvalue weighted by atomic mass is 127. The molecule has 1 fully saturated rings. The van der Waals surface area contributed by atoms with Crippen LogP contribution in [-0.2, 0) is 23.2 Å². The molecule has 9 heteroatoms. The maximum Gasteiger partial charge on any atom is 0.243 e. The Morgan fingerprint density at radius 1 is 1.42 bits per heavy atom. The van der Waals surface area contributed by atoms with E-state index in [-0.39, 0.29) is 30.2 Å². The molecule has 31 heavy (non-hydrogen) atoms. The first kappa shape index (κ1) is 21.8. The number of nitrogens with zero attached hydrogens (tertiary/aromatic N) is 3. The third-order valence-electron chi connectivity index (χ3n) is 6.11. The largest absolute Gasteiger partial charge is 0.543 e. The topological polar surface area (TPSA) is 98.7 Å². The number of amides is 1. The van der Waals surface area contributed by atoms with Crippen molar-refractivity contribution in [2.75, 3.05) is 6.61 Å². The number of ether oxygens (including phenoxy) is 1. The summed E-state index contributed by atoms with van der Waals surface area (Å²) in [5, 5.41) is 21.8. The van der Waals surface area contributed by atoms with Crippen molar-refractivity contribution in [1.82, 2.24) is 9.47 Å². The molecule has 2 aliphatic rings. The summed E-state index contributed by atoms with van der Waals surface area (Å²) in [6.45, 7) is 4.13. The zero-order valence-corrected chi connectivity index (χ0v) is 19.6. The Morgan fingerprint density at radius 2 is 2.16 bits per heavy atom. The van der Waals surface area contributed by atoms with Crippen LogP contribution in [-0.4, -0.2) is 45.2 Å². The molecule has 0 bridgehead atoms. The molecule has 1 aromatic heterocycles. The SMILES string of the molecule is CC(O)[C@H]1C(=O)N2C(C(=O)[O-])=C(COc3cccc(Cn4cc[n+](C)c4)c3I)[C@@H](C)[C@H]12. The van der Waals surface area contributed by atoms with E-state index in [0.717, 1.165) is 9.13 Å². The Labute approximate surface area is 193 Å². The van der Waals surface area contributed by atoms with E-state index in [9.17, 15) is 19.8 Å². The fourth-order valence-electron chi connectivity index (χ4n) is 4.56. The molecule has 2 aromatic rings. The van der Waals surface area contributed by atoms with Gasteiger partial charge in [-0.15, -0.1) is 0 Å². The lowest BCUT2D eigenvalue weighted by Crippen LogP contribution is -2.64. The highest BCUT2D eigenvalue weighted by Crippen LogP contribution is 2.47. The third kappa shape index (κ3) is 3.73. The van der Waals surface area contributed by atoms with E-state index in [0.29, 0.717) is 17.9 Å². The van der Waals surface area contributed by atoms with Crippen LogP contribution in [0.4, 0.5) is 0 Å². The van der Waals surface area contributed by atoms with Gasteiger partial charge in [-0.3, -0.25) is 4.79 Å². The molecule has 0 aliphatic carbocycles. The molecule has 8 nitrogen and oxygen atoms in total. The van der Waals surface area contributed by atoms with Gasteiger partial charge in [-0.2, -0.15) is 0 Å². The number of hydrogen-bond acceptors (Lipinski definition) is 5. The van der Waals surface area contributed by atoms with Crippen molar-refractivity contribution < 1.29 is 29.1 Å². The Kier molecular flexibility index (Phi) is 5.82. The summed E-state index contributed by atoms with van der Waals surface area (Å²) in [5.41, 5.74) is 1.47. The number of benzene rings is 1. The number of carboxylic acid groups (broad SMARTS) is 1. The van der Waals surface area contributed by atoms with E-state index in [4.69, 9.17) is 4.74 Å². The number of carbonyl (C=O) groups excluding carboxylic acids is 2. The lowest BCUT2D eigenvalue weighted by Gasteiger charge is -2.47. The second-order valence-corrected chi connectivity index (χ2v) is 9.26. The van der Waals surface area contributed by atoms with Crippen LogP contribution in [0.1, 0.15) is 19.4 Å². The lowest BCUT2D eigenvalue weighted by molar-refractivity contribution is -0.671. The van der Waals surface area contributed by atoms with Gasteiger partial charge in [-0.25, -0.2) is 9.13 Å². The van der Waals surface area contributed by atoms with Gasteiger partial charge in [0.1, 0.15) is 31.3 Å². The van der Waals surface area contributed by atoms with Crippen molar-refractivity contribution in [2.24, 2.45) is 18.9 Å². The molecule has 1 saturated heterocycles. The van der Waals surface area contributed by atoms with Crippen LogP contribution in [0.3, 0.4) is 0 Å². The van der Waals surface area contributed by atoms with Crippen molar-refractivity contribution in [2.45, 2.75) is 32.5 Å². The Bertz CT molecular complexity index is 1080. The number of aliphatic hydroxyl groups is 1. The minimum absolute atomic E-state index is 0.0369. The Balaban J connectivity index is 1.55. The molecule has 1 amide bonds. The smallest absolute Gasteiger partial charge is 0.243 e. The number of imidazole rings is 1. The molecule has 0 spiro atoms. The summed E-state index contributed by atoms with van der Waals surface area (Å²) >= 11 is 2.23. The van der Waals surface area contributed by atoms with Gasteiger partial charge in [0.15, 0.2) is 0 Å². The molecule has 4 atom stereocenters. The average Bonchev–Trinajstić information content (AvgIpc) is 3.21. The number of carboxylic acids is 1. The number of β-lactam (4-membered cyclic amide) rings is 1. The molecule has 1 N–H and O–H groups in total. The van der Waals surface area contributed by atoms with Crippen LogP contribution in [0.5, 0.6) is 5.75 Å². The predicted octanol–water partition coefficient (Wildman–Crippen LogP) is 0.206. The van der Waals surface area contributed by atoms with Gasteiger partial charge in [-0.1, -0.05) is 19.1 Å². The Morgan fingerprint density at radius 3 is 2.77 bits per heavy atom. The van der Waals surface area contributed by atoms with Crippen molar-refractivity contribution in [3.63, 3.8) is 0 Å². The number of rotatable bonds is 7. The summed E-state index contributed by atoms with van der Waals surface area (Å²) in [6.07, 6.45) is 5.10. The van der Waals surface area contributed by atoms with E-state index < -0.39 is 18.0 Å². The van der Waals surface area contributed by atoms with Crippen molar-refractivity contribution in [1.29, 1.82) is 0 Å². The molecule has 1 unspecified atom stereocenters. The minimum Gasteiger partial charge on any atom is -0.543 e. The summed E-state index contributed by atoms with van der Waals surface area (Å²) in [4.78, 5) is 25.5.